The molecule has 0 saturated heterocycles. The van der Waals surface area contributed by atoms with E-state index in [1.165, 1.54) is 0 Å². The first kappa shape index (κ1) is 12.4. The zero-order valence-electron chi connectivity index (χ0n) is 9.69. The Balaban J connectivity index is 2.31. The topological polar surface area (TPSA) is 64.3 Å². The van der Waals surface area contributed by atoms with Crippen molar-refractivity contribution in [2.45, 2.75) is 20.3 Å². The SMILES string of the molecule is CC(C)CCOC(=O)Nc1ccc(N)cc1. The average molecular weight is 222 g/mol. The molecule has 0 bridgehead atoms. The predicted molar refractivity (Wildman–Crippen MR) is 65.3 cm³/mol. The van der Waals surface area contributed by atoms with E-state index in [-0.39, 0.29) is 0 Å². The van der Waals surface area contributed by atoms with Gasteiger partial charge in [-0.05, 0) is 36.6 Å². The Bertz CT molecular complexity index is 333. The van der Waals surface area contributed by atoms with E-state index >= 15 is 0 Å². The summed E-state index contributed by atoms with van der Waals surface area (Å²) in [5.74, 6) is 0.532. The minimum absolute atomic E-state index is 0.426. The molecule has 4 heteroatoms. The number of nitrogens with two attached hydrogens (primary N) is 1. The van der Waals surface area contributed by atoms with Crippen molar-refractivity contribution in [3.63, 3.8) is 0 Å². The molecule has 0 heterocycles. The molecule has 1 aromatic rings. The van der Waals surface area contributed by atoms with E-state index in [0.717, 1.165) is 6.42 Å². The van der Waals surface area contributed by atoms with Gasteiger partial charge in [-0.3, -0.25) is 5.32 Å². The second-order valence-corrected chi connectivity index (χ2v) is 4.07. The highest BCUT2D eigenvalue weighted by atomic mass is 16.5. The third-order valence-corrected chi connectivity index (χ3v) is 2.09. The zero-order chi connectivity index (χ0) is 12.0. The molecule has 0 radical (unpaired) electrons. The fraction of sp³-hybridized carbons (Fsp3) is 0.417. The normalized spacial score (nSPS) is 10.2. The predicted octanol–water partition coefficient (Wildman–Crippen LogP) is 2.86. The van der Waals surface area contributed by atoms with Gasteiger partial charge in [0.2, 0.25) is 0 Å². The lowest BCUT2D eigenvalue weighted by Gasteiger charge is -2.08. The van der Waals surface area contributed by atoms with Crippen LogP contribution in [-0.2, 0) is 4.74 Å². The molecule has 0 fully saturated rings. The second kappa shape index (κ2) is 6.00. The quantitative estimate of drug-likeness (QED) is 0.770. The Hall–Kier alpha value is -1.71. The van der Waals surface area contributed by atoms with E-state index in [9.17, 15) is 4.79 Å². The summed E-state index contributed by atoms with van der Waals surface area (Å²) in [6, 6.07) is 6.92. The van der Waals surface area contributed by atoms with Crippen LogP contribution in [0.1, 0.15) is 20.3 Å². The number of carbonyl (C=O) groups excluding carboxylic acids is 1. The van der Waals surface area contributed by atoms with Crippen molar-refractivity contribution in [3.8, 4) is 0 Å². The first-order chi connectivity index (χ1) is 7.58. The lowest BCUT2D eigenvalue weighted by atomic mass is 10.1. The Labute approximate surface area is 95.8 Å². The molecule has 0 atom stereocenters. The fourth-order valence-electron chi connectivity index (χ4n) is 1.11. The van der Waals surface area contributed by atoms with Crippen molar-refractivity contribution in [3.05, 3.63) is 24.3 Å². The van der Waals surface area contributed by atoms with Gasteiger partial charge in [-0.15, -0.1) is 0 Å². The van der Waals surface area contributed by atoms with Crippen molar-refractivity contribution >= 4 is 17.5 Å². The van der Waals surface area contributed by atoms with E-state index < -0.39 is 6.09 Å². The van der Waals surface area contributed by atoms with Crippen LogP contribution >= 0.6 is 0 Å². The largest absolute Gasteiger partial charge is 0.449 e. The van der Waals surface area contributed by atoms with Crippen molar-refractivity contribution in [1.82, 2.24) is 0 Å². The zero-order valence-corrected chi connectivity index (χ0v) is 9.69. The molecule has 16 heavy (non-hydrogen) atoms. The number of amides is 1. The lowest BCUT2D eigenvalue weighted by Crippen LogP contribution is -2.15. The summed E-state index contributed by atoms with van der Waals surface area (Å²) < 4.78 is 5.01. The maximum Gasteiger partial charge on any atom is 0.411 e. The number of anilines is 2. The minimum atomic E-state index is -0.426. The molecular weight excluding hydrogens is 204 g/mol. The minimum Gasteiger partial charge on any atom is -0.449 e. The highest BCUT2D eigenvalue weighted by Crippen LogP contribution is 2.10. The molecule has 88 valence electrons. The average Bonchev–Trinajstić information content (AvgIpc) is 2.21. The Morgan fingerprint density at radius 2 is 2.00 bits per heavy atom. The second-order valence-electron chi connectivity index (χ2n) is 4.07. The molecule has 3 N–H and O–H groups in total. The van der Waals surface area contributed by atoms with E-state index in [1.54, 1.807) is 24.3 Å². The number of ether oxygens (including phenoxy) is 1. The van der Waals surface area contributed by atoms with Gasteiger partial charge in [0, 0.05) is 11.4 Å². The summed E-state index contributed by atoms with van der Waals surface area (Å²) in [7, 11) is 0. The number of hydrogen-bond donors (Lipinski definition) is 2. The number of hydrogen-bond acceptors (Lipinski definition) is 3. The molecule has 0 saturated carbocycles. The molecule has 4 nitrogen and oxygen atoms in total. The van der Waals surface area contributed by atoms with E-state index in [2.05, 4.69) is 19.2 Å². The summed E-state index contributed by atoms with van der Waals surface area (Å²) in [6.07, 6.45) is 0.445. The molecule has 0 unspecified atom stereocenters. The number of nitrogen functional groups attached to an aromatic ring is 1. The maximum atomic E-state index is 11.3. The van der Waals surface area contributed by atoms with Gasteiger partial charge >= 0.3 is 6.09 Å². The van der Waals surface area contributed by atoms with Crippen molar-refractivity contribution in [2.24, 2.45) is 5.92 Å². The van der Waals surface area contributed by atoms with Crippen molar-refractivity contribution in [2.75, 3.05) is 17.7 Å². The monoisotopic (exact) mass is 222 g/mol. The standard InChI is InChI=1S/C12H18N2O2/c1-9(2)7-8-16-12(15)14-11-5-3-10(13)4-6-11/h3-6,9H,7-8,13H2,1-2H3,(H,14,15). The van der Waals surface area contributed by atoms with Gasteiger partial charge in [0.25, 0.3) is 0 Å². The Morgan fingerprint density at radius 3 is 2.56 bits per heavy atom. The van der Waals surface area contributed by atoms with E-state index in [4.69, 9.17) is 10.5 Å². The molecule has 0 aliphatic heterocycles. The summed E-state index contributed by atoms with van der Waals surface area (Å²) in [5.41, 5.74) is 6.88. The summed E-state index contributed by atoms with van der Waals surface area (Å²) >= 11 is 0. The van der Waals surface area contributed by atoms with E-state index in [1.807, 2.05) is 0 Å². The summed E-state index contributed by atoms with van der Waals surface area (Å²) in [5, 5.41) is 2.63. The number of rotatable bonds is 4. The van der Waals surface area contributed by atoms with Gasteiger partial charge in [-0.2, -0.15) is 0 Å². The van der Waals surface area contributed by atoms with Crippen molar-refractivity contribution < 1.29 is 9.53 Å². The lowest BCUT2D eigenvalue weighted by molar-refractivity contribution is 0.155. The van der Waals surface area contributed by atoms with Gasteiger partial charge in [-0.1, -0.05) is 13.8 Å². The third kappa shape index (κ3) is 4.68. The molecule has 1 amide bonds. The first-order valence-electron chi connectivity index (χ1n) is 5.37. The van der Waals surface area contributed by atoms with Crippen LogP contribution in [0, 0.1) is 5.92 Å². The highest BCUT2D eigenvalue weighted by molar-refractivity contribution is 5.84. The fourth-order valence-corrected chi connectivity index (χ4v) is 1.11. The van der Waals surface area contributed by atoms with Gasteiger partial charge in [-0.25, -0.2) is 4.79 Å². The first-order valence-corrected chi connectivity index (χ1v) is 5.37. The molecule has 0 aliphatic rings. The molecule has 0 aliphatic carbocycles. The number of carbonyl (C=O) groups is 1. The smallest absolute Gasteiger partial charge is 0.411 e. The molecule has 1 rings (SSSR count). The maximum absolute atomic E-state index is 11.3. The number of nitrogens with one attached hydrogen (secondary N) is 1. The molecule has 1 aromatic carbocycles. The molecule has 0 aromatic heterocycles. The van der Waals surface area contributed by atoms with Crippen LogP contribution in [0.15, 0.2) is 24.3 Å². The van der Waals surface area contributed by atoms with Crippen LogP contribution in [0.2, 0.25) is 0 Å². The molecular formula is C12H18N2O2. The van der Waals surface area contributed by atoms with Gasteiger partial charge in [0.05, 0.1) is 6.61 Å². The van der Waals surface area contributed by atoms with Crippen LogP contribution in [0.3, 0.4) is 0 Å². The van der Waals surface area contributed by atoms with Gasteiger partial charge < -0.3 is 10.5 Å². The third-order valence-electron chi connectivity index (χ3n) is 2.09. The summed E-state index contributed by atoms with van der Waals surface area (Å²) in [4.78, 5) is 11.3. The van der Waals surface area contributed by atoms with Crippen molar-refractivity contribution in [1.29, 1.82) is 0 Å². The van der Waals surface area contributed by atoms with Crippen LogP contribution in [-0.4, -0.2) is 12.7 Å². The van der Waals surface area contributed by atoms with Crippen LogP contribution < -0.4 is 11.1 Å². The van der Waals surface area contributed by atoms with Gasteiger partial charge in [0.15, 0.2) is 0 Å². The number of benzene rings is 1. The van der Waals surface area contributed by atoms with Crippen LogP contribution in [0.5, 0.6) is 0 Å². The Morgan fingerprint density at radius 1 is 1.38 bits per heavy atom. The van der Waals surface area contributed by atoms with Crippen LogP contribution in [0.4, 0.5) is 16.2 Å². The summed E-state index contributed by atoms with van der Waals surface area (Å²) in [6.45, 7) is 4.61. The van der Waals surface area contributed by atoms with E-state index in [0.29, 0.717) is 23.9 Å². The molecule has 0 spiro atoms. The Kier molecular flexibility index (Phi) is 4.64. The van der Waals surface area contributed by atoms with Gasteiger partial charge in [0.1, 0.15) is 0 Å². The highest BCUT2D eigenvalue weighted by Gasteiger charge is 2.03. The van der Waals surface area contributed by atoms with Crippen LogP contribution in [0.25, 0.3) is 0 Å².